The fourth-order valence-electron chi connectivity index (χ4n) is 4.23. The number of pyridine rings is 1. The van der Waals surface area contributed by atoms with Crippen molar-refractivity contribution in [2.24, 2.45) is 0 Å². The number of rotatable bonds is 3. The molecule has 2 amide bonds. The van der Waals surface area contributed by atoms with E-state index in [2.05, 4.69) is 19.9 Å². The van der Waals surface area contributed by atoms with Crippen LogP contribution in [0.25, 0.3) is 11.0 Å². The van der Waals surface area contributed by atoms with E-state index >= 15 is 0 Å². The van der Waals surface area contributed by atoms with Gasteiger partial charge in [0, 0.05) is 56.9 Å². The minimum Gasteiger partial charge on any atom is -0.357 e. The largest absolute Gasteiger partial charge is 0.433 e. The standard InChI is InChI=1S/C21H21F3N6O2/c22-21(23,24)17-4-3-13-10-16(26-18(13)27-17)20(32)30-11-14(12-30)28-6-8-29(9-7-28)19(31)15-2-1-5-25-15/h1-5,10,14,25H,6-9,11-12H2,(H,26,27). The Morgan fingerprint density at radius 2 is 1.69 bits per heavy atom. The van der Waals surface area contributed by atoms with Crippen molar-refractivity contribution in [3.05, 3.63) is 53.6 Å². The molecule has 8 nitrogen and oxygen atoms in total. The number of H-pyrrole nitrogens is 2. The molecule has 2 aliphatic rings. The number of nitrogens with one attached hydrogen (secondary N) is 2. The van der Waals surface area contributed by atoms with Gasteiger partial charge in [-0.3, -0.25) is 14.5 Å². The van der Waals surface area contributed by atoms with Crippen LogP contribution in [0, 0.1) is 0 Å². The van der Waals surface area contributed by atoms with Gasteiger partial charge in [-0.05, 0) is 30.3 Å². The van der Waals surface area contributed by atoms with E-state index in [0.29, 0.717) is 37.3 Å². The molecule has 2 saturated heterocycles. The van der Waals surface area contributed by atoms with E-state index in [1.54, 1.807) is 23.2 Å². The summed E-state index contributed by atoms with van der Waals surface area (Å²) in [5.41, 5.74) is -0.146. The fourth-order valence-corrected chi connectivity index (χ4v) is 4.23. The third kappa shape index (κ3) is 3.72. The van der Waals surface area contributed by atoms with Gasteiger partial charge < -0.3 is 19.8 Å². The highest BCUT2D eigenvalue weighted by Gasteiger charge is 2.38. The number of aromatic nitrogens is 3. The van der Waals surface area contributed by atoms with Gasteiger partial charge in [0.25, 0.3) is 11.8 Å². The van der Waals surface area contributed by atoms with E-state index in [1.165, 1.54) is 12.1 Å². The summed E-state index contributed by atoms with van der Waals surface area (Å²) in [6, 6.07) is 7.51. The molecular formula is C21H21F3N6O2. The molecule has 3 aromatic rings. The van der Waals surface area contributed by atoms with Crippen LogP contribution in [0.3, 0.4) is 0 Å². The van der Waals surface area contributed by atoms with Gasteiger partial charge in [-0.25, -0.2) is 4.98 Å². The SMILES string of the molecule is O=C(c1ccc[nH]1)N1CCN(C2CN(C(=O)c3cc4ccc(C(F)(F)F)nc4[nH]3)C2)CC1. The summed E-state index contributed by atoms with van der Waals surface area (Å²) in [7, 11) is 0. The first-order chi connectivity index (χ1) is 15.3. The number of hydrogen-bond acceptors (Lipinski definition) is 4. The Morgan fingerprint density at radius 3 is 2.34 bits per heavy atom. The molecule has 0 spiro atoms. The van der Waals surface area contributed by atoms with Crippen molar-refractivity contribution >= 4 is 22.8 Å². The molecule has 0 bridgehead atoms. The molecule has 0 aromatic carbocycles. The molecule has 168 valence electrons. The number of amides is 2. The molecule has 3 aromatic heterocycles. The summed E-state index contributed by atoms with van der Waals surface area (Å²) in [5, 5.41) is 0.460. The van der Waals surface area contributed by atoms with Crippen molar-refractivity contribution in [1.82, 2.24) is 29.7 Å². The highest BCUT2D eigenvalue weighted by Crippen LogP contribution is 2.29. The van der Waals surface area contributed by atoms with E-state index in [1.807, 2.05) is 4.90 Å². The maximum atomic E-state index is 12.9. The molecule has 5 rings (SSSR count). The third-order valence-electron chi connectivity index (χ3n) is 6.10. The van der Waals surface area contributed by atoms with Crippen LogP contribution in [0.15, 0.2) is 36.5 Å². The molecule has 0 atom stereocenters. The van der Waals surface area contributed by atoms with Crippen molar-refractivity contribution < 1.29 is 22.8 Å². The van der Waals surface area contributed by atoms with Crippen molar-refractivity contribution in [1.29, 1.82) is 0 Å². The zero-order valence-electron chi connectivity index (χ0n) is 17.0. The van der Waals surface area contributed by atoms with Gasteiger partial charge >= 0.3 is 6.18 Å². The van der Waals surface area contributed by atoms with Gasteiger partial charge in [0.15, 0.2) is 0 Å². The van der Waals surface area contributed by atoms with Crippen LogP contribution in [0.5, 0.6) is 0 Å². The number of fused-ring (bicyclic) bond motifs is 1. The molecule has 0 unspecified atom stereocenters. The summed E-state index contributed by atoms with van der Waals surface area (Å²) >= 11 is 0. The van der Waals surface area contributed by atoms with Crippen molar-refractivity contribution in [3.63, 3.8) is 0 Å². The number of hydrogen-bond donors (Lipinski definition) is 2. The van der Waals surface area contributed by atoms with Gasteiger partial charge in [0.05, 0.1) is 0 Å². The Balaban J connectivity index is 1.16. The molecule has 0 radical (unpaired) electrons. The Kier molecular flexibility index (Phi) is 4.92. The first-order valence-electron chi connectivity index (χ1n) is 10.3. The van der Waals surface area contributed by atoms with E-state index in [9.17, 15) is 22.8 Å². The lowest BCUT2D eigenvalue weighted by Crippen LogP contribution is -2.64. The van der Waals surface area contributed by atoms with E-state index in [0.717, 1.165) is 19.2 Å². The number of carbonyl (C=O) groups is 2. The van der Waals surface area contributed by atoms with Crippen LogP contribution in [0.4, 0.5) is 13.2 Å². The quantitative estimate of drug-likeness (QED) is 0.646. The Bertz CT molecular complexity index is 1140. The number of piperazine rings is 1. The minimum absolute atomic E-state index is 0.0128. The van der Waals surface area contributed by atoms with Crippen LogP contribution in [0.1, 0.15) is 26.7 Å². The molecule has 32 heavy (non-hydrogen) atoms. The number of alkyl halides is 3. The molecule has 2 fully saturated rings. The second-order valence-electron chi connectivity index (χ2n) is 8.09. The summed E-state index contributed by atoms with van der Waals surface area (Å²) in [5.74, 6) is -0.269. The molecule has 2 aliphatic heterocycles. The maximum Gasteiger partial charge on any atom is 0.433 e. The van der Waals surface area contributed by atoms with Gasteiger partial charge in [0.1, 0.15) is 22.7 Å². The predicted octanol–water partition coefficient (Wildman–Crippen LogP) is 2.19. The number of nitrogens with zero attached hydrogens (tertiary/aromatic N) is 4. The van der Waals surface area contributed by atoms with Gasteiger partial charge in [0.2, 0.25) is 0 Å². The number of aromatic amines is 2. The zero-order chi connectivity index (χ0) is 22.5. The molecule has 2 N–H and O–H groups in total. The van der Waals surface area contributed by atoms with Crippen LogP contribution >= 0.6 is 0 Å². The molecule has 0 aliphatic carbocycles. The van der Waals surface area contributed by atoms with Crippen molar-refractivity contribution in [2.45, 2.75) is 12.2 Å². The van der Waals surface area contributed by atoms with E-state index in [-0.39, 0.29) is 29.2 Å². The third-order valence-corrected chi connectivity index (χ3v) is 6.10. The summed E-state index contributed by atoms with van der Waals surface area (Å²) < 4.78 is 38.6. The minimum atomic E-state index is -4.54. The molecule has 5 heterocycles. The Labute approximate surface area is 181 Å². The zero-order valence-corrected chi connectivity index (χ0v) is 17.0. The molecule has 11 heteroatoms. The number of likely N-dealkylation sites (tertiary alicyclic amines) is 1. The van der Waals surface area contributed by atoms with E-state index < -0.39 is 11.9 Å². The molecular weight excluding hydrogens is 425 g/mol. The lowest BCUT2D eigenvalue weighted by molar-refractivity contribution is -0.141. The van der Waals surface area contributed by atoms with E-state index in [4.69, 9.17) is 0 Å². The monoisotopic (exact) mass is 446 g/mol. The Morgan fingerprint density at radius 1 is 0.969 bits per heavy atom. The van der Waals surface area contributed by atoms with Gasteiger partial charge in [-0.1, -0.05) is 0 Å². The normalized spacial score (nSPS) is 18.2. The lowest BCUT2D eigenvalue weighted by Gasteiger charge is -2.48. The van der Waals surface area contributed by atoms with Gasteiger partial charge in [-0.2, -0.15) is 13.2 Å². The van der Waals surface area contributed by atoms with Crippen LogP contribution in [-0.4, -0.2) is 86.8 Å². The first-order valence-corrected chi connectivity index (χ1v) is 10.3. The number of carbonyl (C=O) groups excluding carboxylic acids is 2. The highest BCUT2D eigenvalue weighted by atomic mass is 19.4. The summed E-state index contributed by atoms with van der Waals surface area (Å²) in [6.07, 6.45) is -2.81. The summed E-state index contributed by atoms with van der Waals surface area (Å²) in [6.45, 7) is 3.79. The van der Waals surface area contributed by atoms with Crippen LogP contribution < -0.4 is 0 Å². The topological polar surface area (TPSA) is 88.3 Å². The summed E-state index contributed by atoms with van der Waals surface area (Å²) in [4.78, 5) is 40.2. The van der Waals surface area contributed by atoms with Crippen molar-refractivity contribution in [2.75, 3.05) is 39.3 Å². The van der Waals surface area contributed by atoms with Crippen LogP contribution in [-0.2, 0) is 6.18 Å². The first kappa shape index (κ1) is 20.6. The maximum absolute atomic E-state index is 12.9. The average molecular weight is 446 g/mol. The Hall–Kier alpha value is -3.34. The predicted molar refractivity (Wildman–Crippen MR) is 109 cm³/mol. The lowest BCUT2D eigenvalue weighted by atomic mass is 10.1. The highest BCUT2D eigenvalue weighted by molar-refractivity contribution is 5.97. The smallest absolute Gasteiger partial charge is 0.357 e. The van der Waals surface area contributed by atoms with Crippen molar-refractivity contribution in [3.8, 4) is 0 Å². The van der Waals surface area contributed by atoms with Crippen LogP contribution in [0.2, 0.25) is 0 Å². The second kappa shape index (κ2) is 7.66. The van der Waals surface area contributed by atoms with Gasteiger partial charge in [-0.15, -0.1) is 0 Å². The second-order valence-corrected chi connectivity index (χ2v) is 8.09. The fraction of sp³-hybridized carbons (Fsp3) is 0.381. The molecule has 0 saturated carbocycles. The number of halogens is 3. The average Bonchev–Trinajstić information content (AvgIpc) is 3.41.